The molecule has 5 aromatic carbocycles. The molecular formula is C32H24N4O2. The highest BCUT2D eigenvalue weighted by Gasteiger charge is 2.18. The Balaban J connectivity index is 1.38. The second kappa shape index (κ2) is 9.67. The van der Waals surface area contributed by atoms with Crippen molar-refractivity contribution >= 4 is 33.7 Å². The molecule has 6 aromatic rings. The minimum atomic E-state index is -0.451. The summed E-state index contributed by atoms with van der Waals surface area (Å²) >= 11 is 0. The number of aryl methyl sites for hydroxylation is 1. The molecule has 0 aliphatic carbocycles. The number of phenols is 1. The molecule has 1 aromatic heterocycles. The predicted molar refractivity (Wildman–Crippen MR) is 152 cm³/mol. The molecule has 0 fully saturated rings. The molecular weight excluding hydrogens is 472 g/mol. The highest BCUT2D eigenvalue weighted by molar-refractivity contribution is 6.03. The van der Waals surface area contributed by atoms with Gasteiger partial charge in [0, 0.05) is 11.1 Å². The average molecular weight is 497 g/mol. The van der Waals surface area contributed by atoms with Gasteiger partial charge in [0.2, 0.25) is 0 Å². The first-order valence-electron chi connectivity index (χ1n) is 12.3. The van der Waals surface area contributed by atoms with Gasteiger partial charge in [0.25, 0.3) is 5.91 Å². The third-order valence-corrected chi connectivity index (χ3v) is 6.59. The van der Waals surface area contributed by atoms with Gasteiger partial charge in [-0.25, -0.2) is 10.1 Å². The van der Waals surface area contributed by atoms with Crippen LogP contribution in [0.25, 0.3) is 38.5 Å². The molecule has 0 radical (unpaired) electrons. The van der Waals surface area contributed by atoms with E-state index < -0.39 is 5.91 Å². The van der Waals surface area contributed by atoms with E-state index in [0.29, 0.717) is 5.56 Å². The molecule has 1 heterocycles. The molecule has 2 N–H and O–H groups in total. The third kappa shape index (κ3) is 4.29. The fourth-order valence-corrected chi connectivity index (χ4v) is 4.65. The number of carbonyl (C=O) groups excluding carboxylic acids is 1. The molecule has 0 saturated heterocycles. The zero-order valence-corrected chi connectivity index (χ0v) is 20.7. The van der Waals surface area contributed by atoms with Crippen LogP contribution < -0.4 is 5.43 Å². The number of nitrogens with one attached hydrogen (secondary N) is 1. The lowest BCUT2D eigenvalue weighted by Gasteiger charge is -2.10. The van der Waals surface area contributed by atoms with Crippen LogP contribution in [-0.2, 0) is 0 Å². The first-order valence-corrected chi connectivity index (χ1v) is 12.3. The maximum atomic E-state index is 13.2. The number of fused-ring (bicyclic) bond motifs is 2. The van der Waals surface area contributed by atoms with Crippen LogP contribution in [0, 0.1) is 6.92 Å². The maximum Gasteiger partial charge on any atom is 0.291 e. The van der Waals surface area contributed by atoms with Gasteiger partial charge in [-0.2, -0.15) is 10.2 Å². The second-order valence-corrected chi connectivity index (χ2v) is 9.11. The summed E-state index contributed by atoms with van der Waals surface area (Å²) in [6.45, 7) is 2.03. The Morgan fingerprint density at radius 2 is 1.53 bits per heavy atom. The Morgan fingerprint density at radius 3 is 2.32 bits per heavy atom. The van der Waals surface area contributed by atoms with Gasteiger partial charge in [0.15, 0.2) is 5.69 Å². The first kappa shape index (κ1) is 23.2. The predicted octanol–water partition coefficient (Wildman–Crippen LogP) is 6.62. The number of hydrogen-bond acceptors (Lipinski definition) is 4. The van der Waals surface area contributed by atoms with E-state index in [4.69, 9.17) is 0 Å². The maximum absolute atomic E-state index is 13.2. The molecule has 38 heavy (non-hydrogen) atoms. The standard InChI is InChI=1S/C32H24N4O2/c1-21-13-16-24(17-14-21)36-30(27-12-6-9-22-7-2-4-10-25(22)27)19-29(35-36)32(38)34-33-20-28-26-11-5-3-8-23(26)15-18-31(28)37/h2-20,37H,1H3,(H,34,38)/b33-20-. The highest BCUT2D eigenvalue weighted by Crippen LogP contribution is 2.31. The van der Waals surface area contributed by atoms with Gasteiger partial charge in [-0.1, -0.05) is 90.5 Å². The van der Waals surface area contributed by atoms with Crippen LogP contribution in [0.4, 0.5) is 0 Å². The van der Waals surface area contributed by atoms with Gasteiger partial charge in [0.1, 0.15) is 5.75 Å². The number of aromatic nitrogens is 2. The van der Waals surface area contributed by atoms with E-state index in [2.05, 4.69) is 33.8 Å². The summed E-state index contributed by atoms with van der Waals surface area (Å²) in [6.07, 6.45) is 1.46. The minimum Gasteiger partial charge on any atom is -0.507 e. The number of hydrazone groups is 1. The van der Waals surface area contributed by atoms with Gasteiger partial charge in [-0.15, -0.1) is 0 Å². The van der Waals surface area contributed by atoms with Gasteiger partial charge in [-0.05, 0) is 52.7 Å². The van der Waals surface area contributed by atoms with Crippen molar-refractivity contribution in [1.29, 1.82) is 0 Å². The van der Waals surface area contributed by atoms with Crippen molar-refractivity contribution in [1.82, 2.24) is 15.2 Å². The van der Waals surface area contributed by atoms with Crippen LogP contribution in [0.5, 0.6) is 5.75 Å². The van der Waals surface area contributed by atoms with Gasteiger partial charge in [-0.3, -0.25) is 4.79 Å². The molecule has 0 unspecified atom stereocenters. The fourth-order valence-electron chi connectivity index (χ4n) is 4.65. The van der Waals surface area contributed by atoms with Gasteiger partial charge < -0.3 is 5.11 Å². The zero-order valence-electron chi connectivity index (χ0n) is 20.7. The molecule has 0 saturated carbocycles. The van der Waals surface area contributed by atoms with Crippen molar-refractivity contribution in [3.8, 4) is 22.7 Å². The summed E-state index contributed by atoms with van der Waals surface area (Å²) in [5, 5.41) is 23.2. The summed E-state index contributed by atoms with van der Waals surface area (Å²) < 4.78 is 1.79. The summed E-state index contributed by atoms with van der Waals surface area (Å²) in [5.41, 5.74) is 7.09. The number of hydrogen-bond donors (Lipinski definition) is 2. The van der Waals surface area contributed by atoms with E-state index in [1.807, 2.05) is 85.8 Å². The van der Waals surface area contributed by atoms with Crippen molar-refractivity contribution in [2.75, 3.05) is 0 Å². The Morgan fingerprint density at radius 1 is 0.842 bits per heavy atom. The Kier molecular flexibility index (Phi) is 5.90. The van der Waals surface area contributed by atoms with Gasteiger partial charge >= 0.3 is 0 Å². The lowest BCUT2D eigenvalue weighted by molar-refractivity contribution is 0.0949. The number of carbonyl (C=O) groups is 1. The largest absolute Gasteiger partial charge is 0.507 e. The zero-order chi connectivity index (χ0) is 26.1. The second-order valence-electron chi connectivity index (χ2n) is 9.11. The molecule has 0 aliphatic heterocycles. The van der Waals surface area contributed by atoms with Crippen LogP contribution in [0.3, 0.4) is 0 Å². The first-order chi connectivity index (χ1) is 18.6. The van der Waals surface area contributed by atoms with Crippen molar-refractivity contribution in [3.05, 3.63) is 126 Å². The molecule has 0 spiro atoms. The smallest absolute Gasteiger partial charge is 0.291 e. The Bertz CT molecular complexity index is 1830. The molecule has 6 heteroatoms. The average Bonchev–Trinajstić information content (AvgIpc) is 3.40. The van der Waals surface area contributed by atoms with E-state index >= 15 is 0 Å². The SMILES string of the molecule is Cc1ccc(-n2nc(C(=O)N/N=C\c3c(O)ccc4ccccc34)cc2-c2cccc3ccccc23)cc1. The van der Waals surface area contributed by atoms with Crippen molar-refractivity contribution in [2.24, 2.45) is 5.10 Å². The van der Waals surface area contributed by atoms with E-state index in [1.165, 1.54) is 6.21 Å². The quantitative estimate of drug-likeness (QED) is 0.208. The molecule has 1 amide bonds. The van der Waals surface area contributed by atoms with E-state index in [9.17, 15) is 9.90 Å². The summed E-state index contributed by atoms with van der Waals surface area (Å²) in [5.74, 6) is -0.364. The Labute approximate surface area is 219 Å². The molecule has 0 aliphatic rings. The lowest BCUT2D eigenvalue weighted by Crippen LogP contribution is -2.18. The third-order valence-electron chi connectivity index (χ3n) is 6.59. The van der Waals surface area contributed by atoms with E-state index in [1.54, 1.807) is 16.8 Å². The molecule has 0 bridgehead atoms. The minimum absolute atomic E-state index is 0.0867. The summed E-state index contributed by atoms with van der Waals surface area (Å²) in [6, 6.07) is 35.2. The number of aromatic hydroxyl groups is 1. The van der Waals surface area contributed by atoms with Crippen LogP contribution in [0.1, 0.15) is 21.6 Å². The highest BCUT2D eigenvalue weighted by atomic mass is 16.3. The molecule has 6 nitrogen and oxygen atoms in total. The summed E-state index contributed by atoms with van der Waals surface area (Å²) in [7, 11) is 0. The van der Waals surface area contributed by atoms with Crippen LogP contribution in [0.2, 0.25) is 0 Å². The monoisotopic (exact) mass is 496 g/mol. The van der Waals surface area contributed by atoms with Crippen molar-refractivity contribution in [2.45, 2.75) is 6.92 Å². The fraction of sp³-hybridized carbons (Fsp3) is 0.0312. The summed E-state index contributed by atoms with van der Waals surface area (Å²) in [4.78, 5) is 13.2. The normalized spacial score (nSPS) is 11.4. The Hall–Kier alpha value is -5.23. The van der Waals surface area contributed by atoms with Crippen molar-refractivity contribution in [3.63, 3.8) is 0 Å². The van der Waals surface area contributed by atoms with Gasteiger partial charge in [0.05, 0.1) is 17.6 Å². The number of rotatable bonds is 5. The van der Waals surface area contributed by atoms with Crippen LogP contribution >= 0.6 is 0 Å². The van der Waals surface area contributed by atoms with Crippen LogP contribution in [0.15, 0.2) is 114 Å². The van der Waals surface area contributed by atoms with Crippen LogP contribution in [-0.4, -0.2) is 27.0 Å². The molecule has 6 rings (SSSR count). The topological polar surface area (TPSA) is 79.5 Å². The lowest BCUT2D eigenvalue weighted by atomic mass is 10.0. The van der Waals surface area contributed by atoms with E-state index in [-0.39, 0.29) is 11.4 Å². The van der Waals surface area contributed by atoms with Crippen molar-refractivity contribution < 1.29 is 9.90 Å². The van der Waals surface area contributed by atoms with E-state index in [0.717, 1.165) is 44.1 Å². The number of nitrogens with zero attached hydrogens (tertiary/aromatic N) is 3. The molecule has 184 valence electrons. The number of benzene rings is 5. The molecule has 0 atom stereocenters. The number of amides is 1. The number of phenolic OH excluding ortho intramolecular Hbond substituents is 1.